The molecule has 1 N–H and O–H groups in total. The Morgan fingerprint density at radius 1 is 1.45 bits per heavy atom. The minimum atomic E-state index is -0.0587. The summed E-state index contributed by atoms with van der Waals surface area (Å²) >= 11 is 0. The van der Waals surface area contributed by atoms with Crippen LogP contribution in [0.3, 0.4) is 0 Å². The molecule has 2 aromatic rings. The van der Waals surface area contributed by atoms with Gasteiger partial charge in [-0.2, -0.15) is 0 Å². The van der Waals surface area contributed by atoms with E-state index in [4.69, 9.17) is 14.0 Å². The van der Waals surface area contributed by atoms with Crippen molar-refractivity contribution in [3.63, 3.8) is 0 Å². The van der Waals surface area contributed by atoms with Gasteiger partial charge in [0.25, 0.3) is 0 Å². The van der Waals surface area contributed by atoms with Gasteiger partial charge in [0.2, 0.25) is 5.91 Å². The van der Waals surface area contributed by atoms with Crippen LogP contribution in [0.5, 0.6) is 5.75 Å². The van der Waals surface area contributed by atoms with Crippen LogP contribution in [0.25, 0.3) is 11.3 Å². The summed E-state index contributed by atoms with van der Waals surface area (Å²) < 4.78 is 15.8. The Bertz CT molecular complexity index is 647. The number of ether oxygens (including phenoxy) is 2. The van der Waals surface area contributed by atoms with Crippen molar-refractivity contribution in [2.75, 3.05) is 20.3 Å². The van der Waals surface area contributed by atoms with E-state index in [1.54, 1.807) is 7.11 Å². The van der Waals surface area contributed by atoms with Crippen LogP contribution in [-0.2, 0) is 16.1 Å². The molecule has 1 unspecified atom stereocenters. The first-order valence-electron chi connectivity index (χ1n) is 7.22. The fourth-order valence-corrected chi connectivity index (χ4v) is 2.44. The minimum Gasteiger partial charge on any atom is -0.496 e. The highest BCUT2D eigenvalue weighted by Gasteiger charge is 2.23. The third-order valence-electron chi connectivity index (χ3n) is 3.68. The van der Waals surface area contributed by atoms with Crippen molar-refractivity contribution >= 4 is 5.91 Å². The van der Waals surface area contributed by atoms with Gasteiger partial charge >= 0.3 is 0 Å². The van der Waals surface area contributed by atoms with Crippen LogP contribution in [0.1, 0.15) is 12.2 Å². The van der Waals surface area contributed by atoms with Crippen LogP contribution in [-0.4, -0.2) is 31.4 Å². The largest absolute Gasteiger partial charge is 0.496 e. The van der Waals surface area contributed by atoms with Crippen LogP contribution in [0.4, 0.5) is 0 Å². The predicted octanol–water partition coefficient (Wildman–Crippen LogP) is 2.00. The summed E-state index contributed by atoms with van der Waals surface area (Å²) in [6.07, 6.45) is 0.773. The predicted molar refractivity (Wildman–Crippen MR) is 79.3 cm³/mol. The number of amides is 1. The quantitative estimate of drug-likeness (QED) is 0.914. The van der Waals surface area contributed by atoms with E-state index < -0.39 is 0 Å². The Labute approximate surface area is 128 Å². The SMILES string of the molecule is COc1ccccc1-c1cc(CNC(=O)C2CCOC2)on1. The molecule has 6 nitrogen and oxygen atoms in total. The number of nitrogens with zero attached hydrogens (tertiary/aromatic N) is 1. The monoisotopic (exact) mass is 302 g/mol. The molecular weight excluding hydrogens is 284 g/mol. The maximum atomic E-state index is 11.9. The first-order chi connectivity index (χ1) is 10.8. The number of carbonyl (C=O) groups is 1. The zero-order valence-electron chi connectivity index (χ0n) is 12.4. The molecule has 0 radical (unpaired) electrons. The number of hydrogen-bond donors (Lipinski definition) is 1. The molecule has 116 valence electrons. The topological polar surface area (TPSA) is 73.6 Å². The van der Waals surface area contributed by atoms with E-state index in [1.807, 2.05) is 30.3 Å². The van der Waals surface area contributed by atoms with Gasteiger partial charge in [0.1, 0.15) is 11.4 Å². The fraction of sp³-hybridized carbons (Fsp3) is 0.375. The van der Waals surface area contributed by atoms with Crippen molar-refractivity contribution in [1.82, 2.24) is 10.5 Å². The maximum Gasteiger partial charge on any atom is 0.225 e. The number of rotatable bonds is 5. The van der Waals surface area contributed by atoms with Gasteiger partial charge in [-0.1, -0.05) is 17.3 Å². The molecule has 0 spiro atoms. The number of benzene rings is 1. The summed E-state index contributed by atoms with van der Waals surface area (Å²) in [5, 5.41) is 6.89. The van der Waals surface area contributed by atoms with E-state index in [9.17, 15) is 4.79 Å². The summed E-state index contributed by atoms with van der Waals surface area (Å²) in [6, 6.07) is 9.39. The average molecular weight is 302 g/mol. The van der Waals surface area contributed by atoms with Crippen LogP contribution >= 0.6 is 0 Å². The summed E-state index contributed by atoms with van der Waals surface area (Å²) in [4.78, 5) is 11.9. The molecule has 22 heavy (non-hydrogen) atoms. The molecule has 1 aromatic heterocycles. The smallest absolute Gasteiger partial charge is 0.225 e. The Hall–Kier alpha value is -2.34. The Kier molecular flexibility index (Phi) is 4.39. The first kappa shape index (κ1) is 14.6. The van der Waals surface area contributed by atoms with Gasteiger partial charge in [-0.3, -0.25) is 4.79 Å². The molecule has 1 amide bonds. The van der Waals surface area contributed by atoms with E-state index in [0.717, 1.165) is 17.7 Å². The third-order valence-corrected chi connectivity index (χ3v) is 3.68. The number of nitrogens with one attached hydrogen (secondary N) is 1. The zero-order valence-corrected chi connectivity index (χ0v) is 12.4. The molecule has 3 rings (SSSR count). The highest BCUT2D eigenvalue weighted by Crippen LogP contribution is 2.28. The van der Waals surface area contributed by atoms with Gasteiger partial charge in [-0.05, 0) is 18.6 Å². The van der Waals surface area contributed by atoms with Gasteiger partial charge in [0, 0.05) is 18.2 Å². The van der Waals surface area contributed by atoms with Crippen molar-refractivity contribution in [1.29, 1.82) is 0 Å². The standard InChI is InChI=1S/C16H18N2O4/c1-20-15-5-3-2-4-13(15)14-8-12(22-18-14)9-17-16(19)11-6-7-21-10-11/h2-5,8,11H,6-7,9-10H2,1H3,(H,17,19). The van der Waals surface area contributed by atoms with E-state index in [1.165, 1.54) is 0 Å². The van der Waals surface area contributed by atoms with Crippen molar-refractivity contribution in [3.05, 3.63) is 36.1 Å². The molecule has 1 fully saturated rings. The fourth-order valence-electron chi connectivity index (χ4n) is 2.44. The van der Waals surface area contributed by atoms with Crippen molar-refractivity contribution < 1.29 is 18.8 Å². The molecule has 0 aliphatic carbocycles. The Morgan fingerprint density at radius 3 is 3.09 bits per heavy atom. The molecular formula is C16H18N2O4. The highest BCUT2D eigenvalue weighted by atomic mass is 16.5. The second kappa shape index (κ2) is 6.62. The second-order valence-electron chi connectivity index (χ2n) is 5.16. The van der Waals surface area contributed by atoms with Crippen LogP contribution in [0, 0.1) is 5.92 Å². The lowest BCUT2D eigenvalue weighted by molar-refractivity contribution is -0.125. The van der Waals surface area contributed by atoms with Crippen LogP contribution in [0.15, 0.2) is 34.9 Å². The molecule has 1 aliphatic rings. The zero-order chi connectivity index (χ0) is 15.4. The molecule has 2 heterocycles. The van der Waals surface area contributed by atoms with Crippen LogP contribution < -0.4 is 10.1 Å². The Morgan fingerprint density at radius 2 is 2.32 bits per heavy atom. The molecule has 1 atom stereocenters. The van der Waals surface area contributed by atoms with Crippen molar-refractivity contribution in [2.24, 2.45) is 5.92 Å². The summed E-state index contributed by atoms with van der Waals surface area (Å²) in [5.41, 5.74) is 1.54. The first-order valence-corrected chi connectivity index (χ1v) is 7.22. The molecule has 0 saturated carbocycles. The van der Waals surface area contributed by atoms with E-state index in [0.29, 0.717) is 31.2 Å². The normalized spacial score (nSPS) is 17.4. The number of methoxy groups -OCH3 is 1. The number of hydrogen-bond acceptors (Lipinski definition) is 5. The number of aromatic nitrogens is 1. The molecule has 1 saturated heterocycles. The minimum absolute atomic E-state index is 0.00672. The summed E-state index contributed by atoms with van der Waals surface area (Å²) in [7, 11) is 1.61. The lowest BCUT2D eigenvalue weighted by Crippen LogP contribution is -2.30. The van der Waals surface area contributed by atoms with Crippen LogP contribution in [0.2, 0.25) is 0 Å². The van der Waals surface area contributed by atoms with Gasteiger partial charge < -0.3 is 19.3 Å². The molecule has 6 heteroatoms. The van der Waals surface area contributed by atoms with Crippen molar-refractivity contribution in [2.45, 2.75) is 13.0 Å². The Balaban J connectivity index is 1.65. The molecule has 0 bridgehead atoms. The van der Waals surface area contributed by atoms with Gasteiger partial charge in [0.15, 0.2) is 5.76 Å². The number of carbonyl (C=O) groups excluding carboxylic acids is 1. The lowest BCUT2D eigenvalue weighted by atomic mass is 10.1. The third kappa shape index (κ3) is 3.12. The average Bonchev–Trinajstić information content (AvgIpc) is 3.24. The van der Waals surface area contributed by atoms with Gasteiger partial charge in [-0.25, -0.2) is 0 Å². The molecule has 1 aromatic carbocycles. The number of para-hydroxylation sites is 1. The highest BCUT2D eigenvalue weighted by molar-refractivity contribution is 5.79. The van der Waals surface area contributed by atoms with E-state index in [-0.39, 0.29) is 11.8 Å². The second-order valence-corrected chi connectivity index (χ2v) is 5.16. The lowest BCUT2D eigenvalue weighted by Gasteiger charge is -2.07. The molecule has 1 aliphatic heterocycles. The summed E-state index contributed by atoms with van der Waals surface area (Å²) in [5.74, 6) is 1.27. The van der Waals surface area contributed by atoms with Gasteiger partial charge in [0.05, 0.1) is 26.2 Å². The summed E-state index contributed by atoms with van der Waals surface area (Å²) in [6.45, 7) is 1.46. The maximum absolute atomic E-state index is 11.9. The van der Waals surface area contributed by atoms with E-state index >= 15 is 0 Å². The van der Waals surface area contributed by atoms with Gasteiger partial charge in [-0.15, -0.1) is 0 Å². The van der Waals surface area contributed by atoms with Crippen molar-refractivity contribution in [3.8, 4) is 17.0 Å². The van der Waals surface area contributed by atoms with E-state index in [2.05, 4.69) is 10.5 Å².